The van der Waals surface area contributed by atoms with Crippen molar-refractivity contribution in [2.75, 3.05) is 39.9 Å². The highest BCUT2D eigenvalue weighted by Gasteiger charge is 2.57. The maximum absolute atomic E-state index is 13.6. The van der Waals surface area contributed by atoms with Crippen molar-refractivity contribution >= 4 is 11.9 Å². The molecule has 2 aromatic rings. The number of likely N-dealkylation sites (tertiary alicyclic amines) is 1. The molecule has 2 aromatic heterocycles. The van der Waals surface area contributed by atoms with Gasteiger partial charge in [0.1, 0.15) is 5.54 Å². The van der Waals surface area contributed by atoms with Crippen LogP contribution in [-0.2, 0) is 22.5 Å². The Morgan fingerprint density at radius 3 is 2.59 bits per heavy atom. The van der Waals surface area contributed by atoms with E-state index in [0.717, 1.165) is 43.7 Å². The van der Waals surface area contributed by atoms with E-state index in [-0.39, 0.29) is 11.9 Å². The molecule has 0 bridgehead atoms. The first-order valence-corrected chi connectivity index (χ1v) is 11.3. The van der Waals surface area contributed by atoms with Gasteiger partial charge >= 0.3 is 6.03 Å². The van der Waals surface area contributed by atoms with Crippen molar-refractivity contribution in [2.24, 2.45) is 0 Å². The highest BCUT2D eigenvalue weighted by atomic mass is 16.5. The second kappa shape index (κ2) is 10.2. The molecule has 2 aliphatic heterocycles. The molecule has 2 aliphatic rings. The summed E-state index contributed by atoms with van der Waals surface area (Å²) in [6.07, 6.45) is 8.15. The van der Waals surface area contributed by atoms with Gasteiger partial charge in [0.25, 0.3) is 5.91 Å². The number of carbonyl (C=O) groups excluding carboxylic acids is 2. The number of carbonyl (C=O) groups is 2. The number of methoxy groups -OCH3 is 1. The molecule has 1 spiro atoms. The van der Waals surface area contributed by atoms with E-state index in [0.29, 0.717) is 32.5 Å². The Morgan fingerprint density at radius 1 is 1.06 bits per heavy atom. The van der Waals surface area contributed by atoms with Crippen molar-refractivity contribution in [3.63, 3.8) is 0 Å². The number of piperidine rings is 1. The van der Waals surface area contributed by atoms with Gasteiger partial charge in [-0.1, -0.05) is 12.1 Å². The molecule has 8 nitrogen and oxygen atoms in total. The first kappa shape index (κ1) is 22.4. The summed E-state index contributed by atoms with van der Waals surface area (Å²) in [7, 11) is 1.62. The normalized spacial score (nSPS) is 18.7. The minimum Gasteiger partial charge on any atom is -0.383 e. The zero-order valence-corrected chi connectivity index (χ0v) is 18.7. The second-order valence-corrected chi connectivity index (χ2v) is 8.48. The van der Waals surface area contributed by atoms with Crippen molar-refractivity contribution in [1.29, 1.82) is 0 Å². The Bertz CT molecular complexity index is 900. The zero-order valence-electron chi connectivity index (χ0n) is 18.7. The van der Waals surface area contributed by atoms with E-state index >= 15 is 0 Å². The van der Waals surface area contributed by atoms with Gasteiger partial charge in [-0.25, -0.2) is 4.79 Å². The average molecular weight is 438 g/mol. The fraction of sp³-hybridized carbons (Fsp3) is 0.500. The van der Waals surface area contributed by atoms with E-state index in [4.69, 9.17) is 4.74 Å². The molecule has 0 N–H and O–H groups in total. The lowest BCUT2D eigenvalue weighted by molar-refractivity contribution is -0.136. The van der Waals surface area contributed by atoms with E-state index in [1.54, 1.807) is 24.4 Å². The third kappa shape index (κ3) is 4.66. The molecular formula is C24H31N5O3. The van der Waals surface area contributed by atoms with Gasteiger partial charge in [0.15, 0.2) is 0 Å². The minimum absolute atomic E-state index is 0.0534. The molecule has 2 fully saturated rings. The lowest BCUT2D eigenvalue weighted by Crippen LogP contribution is -2.57. The molecule has 0 unspecified atom stereocenters. The van der Waals surface area contributed by atoms with Crippen LogP contribution < -0.4 is 0 Å². The molecule has 170 valence electrons. The Labute approximate surface area is 189 Å². The largest absolute Gasteiger partial charge is 0.383 e. The molecule has 0 aromatic carbocycles. The van der Waals surface area contributed by atoms with E-state index in [1.807, 2.05) is 36.5 Å². The number of aryl methyl sites for hydroxylation is 1. The Balaban J connectivity index is 1.42. The van der Waals surface area contributed by atoms with Crippen molar-refractivity contribution < 1.29 is 14.3 Å². The number of pyridine rings is 2. The molecule has 4 rings (SSSR count). The number of amides is 3. The quantitative estimate of drug-likeness (QED) is 0.561. The molecule has 0 saturated carbocycles. The summed E-state index contributed by atoms with van der Waals surface area (Å²) in [5.74, 6) is -0.0534. The van der Waals surface area contributed by atoms with Crippen LogP contribution in [0.25, 0.3) is 0 Å². The standard InChI is InChI=1S/C24H31N5O3/c1-32-17-16-29-23(31)28(13-5-7-20-6-4-11-25-18-20)22(30)24(29)9-14-27(15-10-24)19-21-8-2-3-12-26-21/h2-4,6,8,11-12,18H,5,7,9-10,13-17,19H2,1H3. The van der Waals surface area contributed by atoms with Crippen LogP contribution in [0, 0.1) is 0 Å². The van der Waals surface area contributed by atoms with Crippen molar-refractivity contribution in [3.05, 3.63) is 60.2 Å². The van der Waals surface area contributed by atoms with Crippen LogP contribution >= 0.6 is 0 Å². The summed E-state index contributed by atoms with van der Waals surface area (Å²) in [6.45, 7) is 3.54. The number of hydrogen-bond donors (Lipinski definition) is 0. The summed E-state index contributed by atoms with van der Waals surface area (Å²) in [5.41, 5.74) is 1.37. The third-order valence-electron chi connectivity index (χ3n) is 6.51. The summed E-state index contributed by atoms with van der Waals surface area (Å²) < 4.78 is 5.25. The van der Waals surface area contributed by atoms with Gasteiger partial charge in [0.2, 0.25) is 0 Å². The van der Waals surface area contributed by atoms with Gasteiger partial charge in [0.05, 0.1) is 12.3 Å². The van der Waals surface area contributed by atoms with Crippen LogP contribution in [0.5, 0.6) is 0 Å². The molecule has 0 aliphatic carbocycles. The van der Waals surface area contributed by atoms with E-state index in [2.05, 4.69) is 14.9 Å². The molecule has 0 radical (unpaired) electrons. The van der Waals surface area contributed by atoms with Crippen LogP contribution in [0.1, 0.15) is 30.5 Å². The number of nitrogens with zero attached hydrogens (tertiary/aromatic N) is 5. The van der Waals surface area contributed by atoms with Gasteiger partial charge in [-0.15, -0.1) is 0 Å². The Morgan fingerprint density at radius 2 is 1.91 bits per heavy atom. The van der Waals surface area contributed by atoms with Gasteiger partial charge < -0.3 is 9.64 Å². The van der Waals surface area contributed by atoms with Crippen LogP contribution in [0.3, 0.4) is 0 Å². The molecule has 4 heterocycles. The number of aromatic nitrogens is 2. The average Bonchev–Trinajstić information content (AvgIpc) is 3.01. The highest BCUT2D eigenvalue weighted by molar-refractivity contribution is 6.07. The lowest BCUT2D eigenvalue weighted by Gasteiger charge is -2.42. The maximum Gasteiger partial charge on any atom is 0.327 e. The fourth-order valence-corrected chi connectivity index (χ4v) is 4.74. The number of urea groups is 1. The van der Waals surface area contributed by atoms with E-state index < -0.39 is 5.54 Å². The summed E-state index contributed by atoms with van der Waals surface area (Å²) in [6, 6.07) is 9.66. The van der Waals surface area contributed by atoms with Gasteiger partial charge in [0, 0.05) is 58.4 Å². The van der Waals surface area contributed by atoms with Crippen molar-refractivity contribution in [1.82, 2.24) is 24.7 Å². The van der Waals surface area contributed by atoms with E-state index in [9.17, 15) is 9.59 Å². The Kier molecular flexibility index (Phi) is 7.12. The SMILES string of the molecule is COCCN1C(=O)N(CCCc2cccnc2)C(=O)C12CCN(Cc1ccccn1)CC2. The lowest BCUT2D eigenvalue weighted by atomic mass is 9.85. The number of hydrogen-bond acceptors (Lipinski definition) is 6. The molecular weight excluding hydrogens is 406 g/mol. The van der Waals surface area contributed by atoms with Crippen molar-refractivity contribution in [3.8, 4) is 0 Å². The maximum atomic E-state index is 13.6. The van der Waals surface area contributed by atoms with Crippen LogP contribution in [0.2, 0.25) is 0 Å². The summed E-state index contributed by atoms with van der Waals surface area (Å²) >= 11 is 0. The predicted molar refractivity (Wildman–Crippen MR) is 120 cm³/mol. The monoisotopic (exact) mass is 437 g/mol. The number of ether oxygens (including phenoxy) is 1. The molecule has 0 atom stereocenters. The smallest absolute Gasteiger partial charge is 0.327 e. The number of rotatable bonds is 9. The van der Waals surface area contributed by atoms with E-state index in [1.165, 1.54) is 4.90 Å². The van der Waals surface area contributed by atoms with Crippen LogP contribution in [0.4, 0.5) is 4.79 Å². The van der Waals surface area contributed by atoms with Gasteiger partial charge in [-0.3, -0.25) is 24.6 Å². The topological polar surface area (TPSA) is 78.9 Å². The second-order valence-electron chi connectivity index (χ2n) is 8.48. The predicted octanol–water partition coefficient (Wildman–Crippen LogP) is 2.35. The fourth-order valence-electron chi connectivity index (χ4n) is 4.74. The summed E-state index contributed by atoms with van der Waals surface area (Å²) in [5, 5.41) is 0. The molecule has 2 saturated heterocycles. The zero-order chi connectivity index (χ0) is 22.4. The minimum atomic E-state index is -0.759. The number of imide groups is 1. The highest BCUT2D eigenvalue weighted by Crippen LogP contribution is 2.37. The first-order valence-electron chi connectivity index (χ1n) is 11.3. The van der Waals surface area contributed by atoms with Gasteiger partial charge in [-0.2, -0.15) is 0 Å². The van der Waals surface area contributed by atoms with Gasteiger partial charge in [-0.05, 0) is 49.4 Å². The molecule has 8 heteroatoms. The van der Waals surface area contributed by atoms with Crippen molar-refractivity contribution in [2.45, 2.75) is 37.8 Å². The molecule has 3 amide bonds. The van der Waals surface area contributed by atoms with Crippen LogP contribution in [-0.4, -0.2) is 82.0 Å². The first-order chi connectivity index (χ1) is 15.6. The van der Waals surface area contributed by atoms with Crippen LogP contribution in [0.15, 0.2) is 48.9 Å². The molecule has 32 heavy (non-hydrogen) atoms. The third-order valence-corrected chi connectivity index (χ3v) is 6.51. The summed E-state index contributed by atoms with van der Waals surface area (Å²) in [4.78, 5) is 40.9. The Hall–Kier alpha value is -2.84.